The summed E-state index contributed by atoms with van der Waals surface area (Å²) in [4.78, 5) is 4.23. The molecule has 0 saturated carbocycles. The Kier molecular flexibility index (Phi) is 4.00. The molecule has 0 fully saturated rings. The summed E-state index contributed by atoms with van der Waals surface area (Å²) >= 11 is 0. The number of hydrogen-bond donors (Lipinski definition) is 0. The summed E-state index contributed by atoms with van der Waals surface area (Å²) < 4.78 is 24.7. The van der Waals surface area contributed by atoms with E-state index >= 15 is 0 Å². The highest BCUT2D eigenvalue weighted by atomic mass is 32.2. The van der Waals surface area contributed by atoms with Crippen molar-refractivity contribution in [2.75, 3.05) is 12.8 Å². The molecule has 2 rings (SSSR count). The number of aryl methyl sites for hydroxylation is 1. The summed E-state index contributed by atoms with van der Waals surface area (Å²) in [6, 6.07) is 11.2. The fourth-order valence-corrected chi connectivity index (χ4v) is 3.59. The zero-order chi connectivity index (χ0) is 13.9. The first-order chi connectivity index (χ1) is 9.06. The largest absolute Gasteiger partial charge is 0.301 e. The van der Waals surface area contributed by atoms with Crippen molar-refractivity contribution >= 4 is 26.8 Å². The third kappa shape index (κ3) is 2.84. The lowest BCUT2D eigenvalue weighted by molar-refractivity contribution is 0.597. The second-order valence-electron chi connectivity index (χ2n) is 4.47. The van der Waals surface area contributed by atoms with E-state index in [9.17, 15) is 8.42 Å². The van der Waals surface area contributed by atoms with Gasteiger partial charge in [-0.2, -0.15) is 0 Å². The molecule has 100 valence electrons. The normalized spacial score (nSPS) is 12.3. The number of sulfone groups is 1. The zero-order valence-electron chi connectivity index (χ0n) is 11.1. The summed E-state index contributed by atoms with van der Waals surface area (Å²) in [5.41, 5.74) is 1.09. The summed E-state index contributed by atoms with van der Waals surface area (Å²) in [5, 5.41) is 1.80. The molecular weight excluding hydrogens is 258 g/mol. The van der Waals surface area contributed by atoms with E-state index in [0.717, 1.165) is 16.3 Å². The van der Waals surface area contributed by atoms with Gasteiger partial charge in [0.05, 0.1) is 10.6 Å². The van der Waals surface area contributed by atoms with E-state index in [1.165, 1.54) is 0 Å². The minimum Gasteiger partial charge on any atom is -0.301 e. The van der Waals surface area contributed by atoms with Gasteiger partial charge in [-0.25, -0.2) is 8.42 Å². The van der Waals surface area contributed by atoms with Crippen molar-refractivity contribution in [3.63, 3.8) is 0 Å². The van der Waals surface area contributed by atoms with Crippen LogP contribution in [0.2, 0.25) is 0 Å². The molecule has 2 aromatic rings. The molecular formula is C15H17NO2S. The highest BCUT2D eigenvalue weighted by molar-refractivity contribution is 7.91. The first-order valence-corrected chi connectivity index (χ1v) is 7.83. The molecule has 0 spiro atoms. The maximum absolute atomic E-state index is 12.4. The van der Waals surface area contributed by atoms with Gasteiger partial charge < -0.3 is 4.99 Å². The first kappa shape index (κ1) is 13.7. The average Bonchev–Trinajstić information content (AvgIpc) is 2.39. The monoisotopic (exact) mass is 275 g/mol. The molecule has 0 aliphatic rings. The Bertz CT molecular complexity index is 718. The Morgan fingerprint density at radius 3 is 2.53 bits per heavy atom. The molecule has 0 atom stereocenters. The minimum atomic E-state index is -3.27. The lowest BCUT2D eigenvalue weighted by atomic mass is 10.1. The molecule has 0 saturated heterocycles. The van der Waals surface area contributed by atoms with Gasteiger partial charge in [-0.05, 0) is 36.6 Å². The second kappa shape index (κ2) is 5.53. The van der Waals surface area contributed by atoms with Crippen LogP contribution in [0.3, 0.4) is 0 Å². The van der Waals surface area contributed by atoms with Crippen molar-refractivity contribution in [3.05, 3.63) is 42.0 Å². The fourth-order valence-electron chi connectivity index (χ4n) is 2.16. The predicted molar refractivity (Wildman–Crippen MR) is 79.8 cm³/mol. The van der Waals surface area contributed by atoms with Crippen LogP contribution in [0, 0.1) is 6.92 Å². The molecule has 0 unspecified atom stereocenters. The summed E-state index contributed by atoms with van der Waals surface area (Å²) in [5.74, 6) is 0.0946. The van der Waals surface area contributed by atoms with Gasteiger partial charge >= 0.3 is 0 Å². The Morgan fingerprint density at radius 1 is 1.11 bits per heavy atom. The van der Waals surface area contributed by atoms with Crippen LogP contribution in [0.15, 0.2) is 46.3 Å². The van der Waals surface area contributed by atoms with Crippen LogP contribution in [0.5, 0.6) is 0 Å². The van der Waals surface area contributed by atoms with E-state index in [4.69, 9.17) is 0 Å². The number of rotatable bonds is 4. The van der Waals surface area contributed by atoms with Gasteiger partial charge in [0.2, 0.25) is 0 Å². The second-order valence-corrected chi connectivity index (χ2v) is 6.55. The topological polar surface area (TPSA) is 46.5 Å². The van der Waals surface area contributed by atoms with Gasteiger partial charge in [0.25, 0.3) is 0 Å². The predicted octanol–water partition coefficient (Wildman–Crippen LogP) is 3.01. The van der Waals surface area contributed by atoms with Gasteiger partial charge in [-0.3, -0.25) is 0 Å². The highest BCUT2D eigenvalue weighted by Crippen LogP contribution is 2.26. The molecule has 0 heterocycles. The Labute approximate surface area is 113 Å². The number of aliphatic imine (C=N–C) groups is 1. The average molecular weight is 275 g/mol. The van der Waals surface area contributed by atoms with Gasteiger partial charge in [0.1, 0.15) is 0 Å². The number of fused-ring (bicyclic) bond motifs is 1. The molecule has 4 heteroatoms. The quantitative estimate of drug-likeness (QED) is 0.805. The summed E-state index contributed by atoms with van der Waals surface area (Å²) in [6.45, 7) is 1.99. The van der Waals surface area contributed by atoms with Crippen molar-refractivity contribution in [2.24, 2.45) is 4.99 Å². The van der Waals surface area contributed by atoms with Crippen LogP contribution in [-0.4, -0.2) is 27.4 Å². The van der Waals surface area contributed by atoms with Crippen molar-refractivity contribution in [2.45, 2.75) is 18.2 Å². The fraction of sp³-hybridized carbons (Fsp3) is 0.267. The van der Waals surface area contributed by atoms with Crippen LogP contribution >= 0.6 is 0 Å². The van der Waals surface area contributed by atoms with Crippen LogP contribution in [0.4, 0.5) is 0 Å². The molecule has 0 amide bonds. The van der Waals surface area contributed by atoms with Crippen molar-refractivity contribution in [1.29, 1.82) is 0 Å². The van der Waals surface area contributed by atoms with Crippen LogP contribution in [0.1, 0.15) is 12.0 Å². The van der Waals surface area contributed by atoms with Crippen LogP contribution < -0.4 is 0 Å². The van der Waals surface area contributed by atoms with Crippen molar-refractivity contribution in [3.8, 4) is 0 Å². The number of nitrogens with zero attached hydrogens (tertiary/aromatic N) is 1. The lowest BCUT2D eigenvalue weighted by Crippen LogP contribution is -2.08. The van der Waals surface area contributed by atoms with Crippen LogP contribution in [0.25, 0.3) is 10.8 Å². The molecule has 0 aromatic heterocycles. The number of hydrogen-bond acceptors (Lipinski definition) is 3. The molecule has 0 aliphatic carbocycles. The summed E-state index contributed by atoms with van der Waals surface area (Å²) in [7, 11) is -1.62. The van der Waals surface area contributed by atoms with Crippen LogP contribution in [-0.2, 0) is 9.84 Å². The molecule has 0 N–H and O–H groups in total. The smallest absolute Gasteiger partial charge is 0.179 e. The SMILES string of the molecule is CN=CCCS(=O)(=O)c1cccc2c(C)cccc12. The van der Waals surface area contributed by atoms with E-state index in [1.54, 1.807) is 25.4 Å². The lowest BCUT2D eigenvalue weighted by Gasteiger charge is -2.08. The van der Waals surface area contributed by atoms with Gasteiger partial charge in [0, 0.05) is 12.4 Å². The highest BCUT2D eigenvalue weighted by Gasteiger charge is 2.16. The molecule has 0 aliphatic heterocycles. The van der Waals surface area contributed by atoms with Gasteiger partial charge in [0.15, 0.2) is 9.84 Å². The Hall–Kier alpha value is -1.68. The van der Waals surface area contributed by atoms with Gasteiger partial charge in [-0.1, -0.05) is 30.3 Å². The molecule has 2 aromatic carbocycles. The van der Waals surface area contributed by atoms with E-state index in [0.29, 0.717) is 11.3 Å². The number of benzene rings is 2. The Morgan fingerprint density at radius 2 is 1.79 bits per heavy atom. The Balaban J connectivity index is 2.54. The maximum Gasteiger partial charge on any atom is 0.179 e. The maximum atomic E-state index is 12.4. The molecule has 0 radical (unpaired) electrons. The molecule has 3 nitrogen and oxygen atoms in total. The molecule has 19 heavy (non-hydrogen) atoms. The van der Waals surface area contributed by atoms with E-state index < -0.39 is 9.84 Å². The zero-order valence-corrected chi connectivity index (χ0v) is 11.9. The van der Waals surface area contributed by atoms with E-state index in [1.807, 2.05) is 31.2 Å². The first-order valence-electron chi connectivity index (χ1n) is 6.18. The summed E-state index contributed by atoms with van der Waals surface area (Å²) in [6.07, 6.45) is 2.08. The van der Waals surface area contributed by atoms with Crippen molar-refractivity contribution < 1.29 is 8.42 Å². The minimum absolute atomic E-state index is 0.0946. The van der Waals surface area contributed by atoms with Crippen molar-refractivity contribution in [1.82, 2.24) is 0 Å². The standard InChI is InChI=1S/C15H17NO2S/c1-12-6-3-8-14-13(12)7-4-9-15(14)19(17,18)11-5-10-16-2/h3-4,6-10H,5,11H2,1-2H3. The van der Waals surface area contributed by atoms with E-state index in [-0.39, 0.29) is 5.75 Å². The van der Waals surface area contributed by atoms with Gasteiger partial charge in [-0.15, -0.1) is 0 Å². The van der Waals surface area contributed by atoms with E-state index in [2.05, 4.69) is 4.99 Å². The third-order valence-electron chi connectivity index (χ3n) is 3.13. The third-order valence-corrected chi connectivity index (χ3v) is 4.93. The molecule has 0 bridgehead atoms.